The van der Waals surface area contributed by atoms with Gasteiger partial charge in [0.05, 0.1) is 5.41 Å². The molecule has 0 saturated heterocycles. The van der Waals surface area contributed by atoms with E-state index in [2.05, 4.69) is 26.8 Å². The number of allylic oxidation sites excluding steroid dienone is 2. The van der Waals surface area contributed by atoms with Gasteiger partial charge in [0.2, 0.25) is 0 Å². The molecule has 2 nitrogen and oxygen atoms in total. The first-order chi connectivity index (χ1) is 9.72. The number of hydrogen-bond donors (Lipinski definition) is 1. The van der Waals surface area contributed by atoms with Crippen molar-refractivity contribution >= 4 is 5.97 Å². The van der Waals surface area contributed by atoms with Crippen molar-refractivity contribution in [3.05, 3.63) is 11.6 Å². The van der Waals surface area contributed by atoms with Gasteiger partial charge in [0.1, 0.15) is 0 Å². The molecule has 1 N–H and O–H groups in total. The number of carbonyl (C=O) groups is 1. The summed E-state index contributed by atoms with van der Waals surface area (Å²) in [6.07, 6.45) is 10.3. The number of aliphatic carboxylic acids is 1. The zero-order valence-electron chi connectivity index (χ0n) is 14.0. The molecule has 0 spiro atoms. The molecule has 4 atom stereocenters. The van der Waals surface area contributed by atoms with Crippen LogP contribution in [0.25, 0.3) is 0 Å². The molecule has 0 bridgehead atoms. The molecule has 0 amide bonds. The summed E-state index contributed by atoms with van der Waals surface area (Å²) in [4.78, 5) is 11.9. The Labute approximate surface area is 129 Å². The number of hydrogen-bond acceptors (Lipinski definition) is 1. The summed E-state index contributed by atoms with van der Waals surface area (Å²) in [5.41, 5.74) is 1.59. The molecule has 0 unspecified atom stereocenters. The summed E-state index contributed by atoms with van der Waals surface area (Å²) in [6, 6.07) is 0. The molecule has 2 saturated carbocycles. The fourth-order valence-corrected chi connectivity index (χ4v) is 5.96. The van der Waals surface area contributed by atoms with Crippen molar-refractivity contribution in [3.8, 4) is 0 Å². The summed E-state index contributed by atoms with van der Waals surface area (Å²) in [7, 11) is 0. The van der Waals surface area contributed by atoms with Gasteiger partial charge in [0, 0.05) is 0 Å². The minimum absolute atomic E-state index is 0.117. The van der Waals surface area contributed by atoms with Gasteiger partial charge in [0.25, 0.3) is 0 Å². The van der Waals surface area contributed by atoms with Crippen LogP contribution in [0.5, 0.6) is 0 Å². The highest BCUT2D eigenvalue weighted by atomic mass is 16.4. The molecule has 2 heteroatoms. The van der Waals surface area contributed by atoms with Crippen LogP contribution in [0.1, 0.15) is 72.6 Å². The predicted molar refractivity (Wildman–Crippen MR) is 85.0 cm³/mol. The second kappa shape index (κ2) is 4.60. The Morgan fingerprint density at radius 1 is 1.14 bits per heavy atom. The Hall–Kier alpha value is -0.790. The van der Waals surface area contributed by atoms with Gasteiger partial charge in [-0.25, -0.2) is 0 Å². The van der Waals surface area contributed by atoms with Crippen LogP contribution in [0.4, 0.5) is 0 Å². The van der Waals surface area contributed by atoms with Crippen LogP contribution < -0.4 is 0 Å². The first-order valence-corrected chi connectivity index (χ1v) is 8.66. The molecule has 0 aromatic rings. The molecule has 0 aromatic carbocycles. The Morgan fingerprint density at radius 2 is 1.86 bits per heavy atom. The lowest BCUT2D eigenvalue weighted by Crippen LogP contribution is -2.53. The van der Waals surface area contributed by atoms with Crippen LogP contribution in [0.2, 0.25) is 0 Å². The average Bonchev–Trinajstić information content (AvgIpc) is 2.38. The Kier molecular flexibility index (Phi) is 3.31. The largest absolute Gasteiger partial charge is 0.481 e. The van der Waals surface area contributed by atoms with Crippen LogP contribution in [0, 0.1) is 28.1 Å². The summed E-state index contributed by atoms with van der Waals surface area (Å²) in [5.74, 6) is 0.406. The van der Waals surface area contributed by atoms with Crippen molar-refractivity contribution in [2.24, 2.45) is 28.1 Å². The Balaban J connectivity index is 2.04. The van der Waals surface area contributed by atoms with Crippen molar-refractivity contribution in [1.29, 1.82) is 0 Å². The standard InChI is InChI=1S/C19H30O2/c1-17(2)10-5-7-14-13(17)8-9-15-18(14,3)11-6-12-19(15,4)16(20)21/h7,13,15H,5-6,8-12H2,1-4H3,(H,20,21)/t13-,15+,18+,19-/m1/s1. The number of carboxylic acid groups (broad SMARTS) is 1. The number of carboxylic acids is 1. The predicted octanol–water partition coefficient (Wildman–Crippen LogP) is 5.04. The maximum absolute atomic E-state index is 11.9. The van der Waals surface area contributed by atoms with Gasteiger partial charge in [0.15, 0.2) is 0 Å². The maximum Gasteiger partial charge on any atom is 0.309 e. The molecule has 0 aliphatic heterocycles. The maximum atomic E-state index is 11.9. The van der Waals surface area contributed by atoms with Gasteiger partial charge >= 0.3 is 5.97 Å². The minimum Gasteiger partial charge on any atom is -0.481 e. The highest BCUT2D eigenvalue weighted by Crippen LogP contribution is 2.64. The summed E-state index contributed by atoms with van der Waals surface area (Å²) in [6.45, 7) is 9.20. The first-order valence-electron chi connectivity index (χ1n) is 8.66. The van der Waals surface area contributed by atoms with Crippen LogP contribution in [0.15, 0.2) is 11.6 Å². The molecular formula is C19H30O2. The zero-order valence-corrected chi connectivity index (χ0v) is 14.0. The molecule has 0 radical (unpaired) electrons. The third kappa shape index (κ3) is 2.01. The summed E-state index contributed by atoms with van der Waals surface area (Å²) >= 11 is 0. The summed E-state index contributed by atoms with van der Waals surface area (Å²) in [5, 5.41) is 9.83. The Morgan fingerprint density at radius 3 is 2.52 bits per heavy atom. The van der Waals surface area contributed by atoms with Crippen molar-refractivity contribution < 1.29 is 9.90 Å². The third-order valence-corrected chi connectivity index (χ3v) is 7.29. The molecule has 3 aliphatic rings. The van der Waals surface area contributed by atoms with Crippen molar-refractivity contribution in [2.45, 2.75) is 72.6 Å². The highest BCUT2D eigenvalue weighted by molar-refractivity contribution is 5.75. The second-order valence-corrected chi connectivity index (χ2v) is 8.86. The normalized spacial score (nSPS) is 45.2. The quantitative estimate of drug-likeness (QED) is 0.687. The van der Waals surface area contributed by atoms with Gasteiger partial charge in [-0.15, -0.1) is 0 Å². The lowest BCUT2D eigenvalue weighted by atomic mass is 9.44. The first kappa shape index (κ1) is 15.1. The molecule has 0 aromatic heterocycles. The van der Waals surface area contributed by atoms with Crippen LogP contribution in [-0.2, 0) is 4.79 Å². The van der Waals surface area contributed by atoms with Gasteiger partial charge in [-0.2, -0.15) is 0 Å². The Bertz CT molecular complexity index is 490. The molecule has 0 heterocycles. The van der Waals surface area contributed by atoms with E-state index in [1.54, 1.807) is 5.57 Å². The smallest absolute Gasteiger partial charge is 0.309 e. The molecular weight excluding hydrogens is 260 g/mol. The van der Waals surface area contributed by atoms with E-state index in [1.807, 2.05) is 6.92 Å². The van der Waals surface area contributed by atoms with E-state index in [0.717, 1.165) is 19.3 Å². The van der Waals surface area contributed by atoms with Gasteiger partial charge in [-0.3, -0.25) is 4.79 Å². The van der Waals surface area contributed by atoms with Gasteiger partial charge in [-0.1, -0.05) is 38.8 Å². The SMILES string of the molecule is CC1(C)CCC=C2[C@H]1CC[C@@H]1[C@](C)(C(=O)O)CCC[C@@]21C. The molecule has 2 fully saturated rings. The lowest BCUT2D eigenvalue weighted by Gasteiger charge is -2.59. The van der Waals surface area contributed by atoms with Crippen molar-refractivity contribution in [2.75, 3.05) is 0 Å². The second-order valence-electron chi connectivity index (χ2n) is 8.86. The molecule has 3 rings (SSSR count). The monoisotopic (exact) mass is 290 g/mol. The molecule has 3 aliphatic carbocycles. The highest BCUT2D eigenvalue weighted by Gasteiger charge is 2.58. The fourth-order valence-electron chi connectivity index (χ4n) is 5.96. The van der Waals surface area contributed by atoms with Crippen LogP contribution in [0.3, 0.4) is 0 Å². The minimum atomic E-state index is -0.576. The van der Waals surface area contributed by atoms with Crippen LogP contribution >= 0.6 is 0 Å². The third-order valence-electron chi connectivity index (χ3n) is 7.29. The topological polar surface area (TPSA) is 37.3 Å². The van der Waals surface area contributed by atoms with E-state index in [0.29, 0.717) is 17.3 Å². The number of rotatable bonds is 1. The van der Waals surface area contributed by atoms with E-state index in [1.165, 1.54) is 25.7 Å². The van der Waals surface area contributed by atoms with Crippen LogP contribution in [-0.4, -0.2) is 11.1 Å². The van der Waals surface area contributed by atoms with Gasteiger partial charge < -0.3 is 5.11 Å². The van der Waals surface area contributed by atoms with Crippen molar-refractivity contribution in [1.82, 2.24) is 0 Å². The van der Waals surface area contributed by atoms with E-state index in [9.17, 15) is 9.90 Å². The zero-order chi connectivity index (χ0) is 15.5. The van der Waals surface area contributed by atoms with Gasteiger partial charge in [-0.05, 0) is 68.1 Å². The fraction of sp³-hybridized carbons (Fsp3) is 0.842. The summed E-state index contributed by atoms with van der Waals surface area (Å²) < 4.78 is 0. The number of fused-ring (bicyclic) bond motifs is 3. The lowest BCUT2D eigenvalue weighted by molar-refractivity contribution is -0.161. The van der Waals surface area contributed by atoms with E-state index in [4.69, 9.17) is 0 Å². The van der Waals surface area contributed by atoms with E-state index >= 15 is 0 Å². The van der Waals surface area contributed by atoms with E-state index in [-0.39, 0.29) is 5.41 Å². The molecule has 118 valence electrons. The molecule has 21 heavy (non-hydrogen) atoms. The average molecular weight is 290 g/mol. The van der Waals surface area contributed by atoms with Crippen molar-refractivity contribution in [3.63, 3.8) is 0 Å². The van der Waals surface area contributed by atoms with E-state index < -0.39 is 11.4 Å².